The molecule has 0 fully saturated rings. The lowest BCUT2D eigenvalue weighted by atomic mass is 10.0. The summed E-state index contributed by atoms with van der Waals surface area (Å²) < 4.78 is 5.01. The monoisotopic (exact) mass is 260 g/mol. The van der Waals surface area contributed by atoms with Gasteiger partial charge in [-0.3, -0.25) is 0 Å². The summed E-state index contributed by atoms with van der Waals surface area (Å²) in [5.74, 6) is 0.829. The number of unbranched alkanes of at least 4 members (excludes halogenated alkanes) is 1. The van der Waals surface area contributed by atoms with E-state index < -0.39 is 0 Å². The number of hydrogen-bond acceptors (Lipinski definition) is 4. The van der Waals surface area contributed by atoms with Crippen molar-refractivity contribution in [1.29, 1.82) is 0 Å². The molecule has 1 atom stereocenters. The van der Waals surface area contributed by atoms with E-state index >= 15 is 0 Å². The van der Waals surface area contributed by atoms with Crippen LogP contribution in [-0.2, 0) is 0 Å². The molecule has 0 unspecified atom stereocenters. The Bertz CT molecular complexity index is 334. The summed E-state index contributed by atoms with van der Waals surface area (Å²) in [6.45, 7) is 0.682. The summed E-state index contributed by atoms with van der Waals surface area (Å²) in [6, 6.07) is 5.05. The van der Waals surface area contributed by atoms with Crippen molar-refractivity contribution in [1.82, 2.24) is 0 Å². The molecule has 17 heavy (non-hydrogen) atoms. The number of methoxy groups -OCH3 is 1. The Morgan fingerprint density at radius 1 is 1.35 bits per heavy atom. The molecule has 98 valence electrons. The van der Waals surface area contributed by atoms with Crippen LogP contribution in [0.4, 0.5) is 0 Å². The average Bonchev–Trinajstić information content (AvgIpc) is 2.29. The lowest BCUT2D eigenvalue weighted by Gasteiger charge is -2.14. The van der Waals surface area contributed by atoms with Crippen molar-refractivity contribution in [2.45, 2.75) is 25.3 Å². The van der Waals surface area contributed by atoms with Gasteiger partial charge in [-0.1, -0.05) is 12.5 Å². The maximum absolute atomic E-state index is 9.76. The number of halogens is 1. The number of ether oxygens (including phenoxy) is 1. The quantitative estimate of drug-likeness (QED) is 0.683. The van der Waals surface area contributed by atoms with Crippen LogP contribution in [0.3, 0.4) is 0 Å². The summed E-state index contributed by atoms with van der Waals surface area (Å²) in [7, 11) is 1.57. The van der Waals surface area contributed by atoms with Crippen LogP contribution in [0.15, 0.2) is 18.2 Å². The first-order valence-corrected chi connectivity index (χ1v) is 5.51. The van der Waals surface area contributed by atoms with Crippen molar-refractivity contribution in [2.75, 3.05) is 13.7 Å². The van der Waals surface area contributed by atoms with Gasteiger partial charge >= 0.3 is 0 Å². The molecule has 1 aromatic rings. The van der Waals surface area contributed by atoms with Crippen molar-refractivity contribution < 1.29 is 9.84 Å². The molecular weight excluding hydrogens is 240 g/mol. The largest absolute Gasteiger partial charge is 0.507 e. The number of phenols is 1. The third-order valence-electron chi connectivity index (χ3n) is 2.61. The third-order valence-corrected chi connectivity index (χ3v) is 2.61. The molecule has 0 amide bonds. The summed E-state index contributed by atoms with van der Waals surface area (Å²) in [4.78, 5) is 0. The molecule has 0 radical (unpaired) electrons. The fourth-order valence-corrected chi connectivity index (χ4v) is 1.63. The summed E-state index contributed by atoms with van der Waals surface area (Å²) in [5, 5.41) is 9.76. The normalized spacial score (nSPS) is 11.7. The zero-order valence-corrected chi connectivity index (χ0v) is 10.9. The van der Waals surface area contributed by atoms with Crippen LogP contribution >= 0.6 is 12.4 Å². The van der Waals surface area contributed by atoms with Gasteiger partial charge in [-0.25, -0.2) is 0 Å². The highest BCUT2D eigenvalue weighted by atomic mass is 35.5. The van der Waals surface area contributed by atoms with E-state index in [9.17, 15) is 5.11 Å². The average molecular weight is 261 g/mol. The first kappa shape index (κ1) is 16.0. The molecular formula is C12H21ClN2O2. The highest BCUT2D eigenvalue weighted by molar-refractivity contribution is 5.85. The molecule has 0 aliphatic carbocycles. The molecule has 0 saturated heterocycles. The summed E-state index contributed by atoms with van der Waals surface area (Å²) >= 11 is 0. The van der Waals surface area contributed by atoms with Crippen LogP contribution < -0.4 is 16.2 Å². The van der Waals surface area contributed by atoms with Gasteiger partial charge in [0.15, 0.2) is 0 Å². The van der Waals surface area contributed by atoms with Crippen LogP contribution in [-0.4, -0.2) is 18.8 Å². The molecule has 0 aliphatic rings. The molecule has 4 nitrogen and oxygen atoms in total. The van der Waals surface area contributed by atoms with Crippen LogP contribution in [0, 0.1) is 0 Å². The molecule has 0 heterocycles. The molecule has 0 saturated carbocycles. The maximum Gasteiger partial charge on any atom is 0.124 e. The topological polar surface area (TPSA) is 81.5 Å². The van der Waals surface area contributed by atoms with Crippen molar-refractivity contribution in [3.05, 3.63) is 23.8 Å². The van der Waals surface area contributed by atoms with E-state index in [-0.39, 0.29) is 24.2 Å². The number of phenolic OH excluding ortho intramolecular Hbond substituents is 1. The number of rotatable bonds is 6. The van der Waals surface area contributed by atoms with Crippen molar-refractivity contribution in [3.63, 3.8) is 0 Å². The molecule has 0 aromatic heterocycles. The SMILES string of the molecule is COc1ccc([C@H](N)CCCCN)c(O)c1.Cl. The van der Waals surface area contributed by atoms with Gasteiger partial charge in [-0.15, -0.1) is 12.4 Å². The highest BCUT2D eigenvalue weighted by Gasteiger charge is 2.11. The summed E-state index contributed by atoms with van der Waals surface area (Å²) in [5.41, 5.74) is 12.2. The first-order chi connectivity index (χ1) is 7.69. The number of aromatic hydroxyl groups is 1. The predicted molar refractivity (Wildman–Crippen MR) is 71.7 cm³/mol. The second-order valence-electron chi connectivity index (χ2n) is 3.82. The fourth-order valence-electron chi connectivity index (χ4n) is 1.63. The molecule has 1 aromatic carbocycles. The Kier molecular flexibility index (Phi) is 7.70. The van der Waals surface area contributed by atoms with Gasteiger partial charge in [0.2, 0.25) is 0 Å². The number of nitrogens with two attached hydrogens (primary N) is 2. The molecule has 5 N–H and O–H groups in total. The number of hydrogen-bond donors (Lipinski definition) is 3. The Morgan fingerprint density at radius 3 is 2.59 bits per heavy atom. The van der Waals surface area contributed by atoms with E-state index in [4.69, 9.17) is 16.2 Å². The smallest absolute Gasteiger partial charge is 0.124 e. The van der Waals surface area contributed by atoms with E-state index in [0.717, 1.165) is 24.8 Å². The van der Waals surface area contributed by atoms with Crippen molar-refractivity contribution >= 4 is 12.4 Å². The van der Waals surface area contributed by atoms with Crippen LogP contribution in [0.1, 0.15) is 30.9 Å². The summed E-state index contributed by atoms with van der Waals surface area (Å²) in [6.07, 6.45) is 2.77. The van der Waals surface area contributed by atoms with Gasteiger partial charge in [-0.05, 0) is 25.5 Å². The minimum Gasteiger partial charge on any atom is -0.507 e. The molecule has 0 spiro atoms. The molecule has 0 bridgehead atoms. The van der Waals surface area contributed by atoms with E-state index in [0.29, 0.717) is 12.3 Å². The van der Waals surface area contributed by atoms with Gasteiger partial charge in [0.1, 0.15) is 11.5 Å². The standard InChI is InChI=1S/C12H20N2O2.ClH/c1-16-9-5-6-10(12(15)8-9)11(14)4-2-3-7-13;/h5-6,8,11,15H,2-4,7,13-14H2,1H3;1H/t11-;/m1./s1. The first-order valence-electron chi connectivity index (χ1n) is 5.51. The van der Waals surface area contributed by atoms with E-state index in [1.165, 1.54) is 0 Å². The minimum absolute atomic E-state index is 0. The van der Waals surface area contributed by atoms with Crippen LogP contribution in [0.5, 0.6) is 11.5 Å². The Hall–Kier alpha value is -0.970. The zero-order chi connectivity index (χ0) is 12.0. The van der Waals surface area contributed by atoms with Crippen LogP contribution in [0.25, 0.3) is 0 Å². The molecule has 5 heteroatoms. The molecule has 1 rings (SSSR count). The van der Waals surface area contributed by atoms with Gasteiger partial charge in [0.05, 0.1) is 7.11 Å². The maximum atomic E-state index is 9.76. The Morgan fingerprint density at radius 2 is 2.06 bits per heavy atom. The second-order valence-corrected chi connectivity index (χ2v) is 3.82. The van der Waals surface area contributed by atoms with Gasteiger partial charge in [0.25, 0.3) is 0 Å². The van der Waals surface area contributed by atoms with Crippen molar-refractivity contribution in [3.8, 4) is 11.5 Å². The van der Waals surface area contributed by atoms with E-state index in [2.05, 4.69) is 0 Å². The second kappa shape index (κ2) is 8.17. The minimum atomic E-state index is -0.141. The van der Waals surface area contributed by atoms with Gasteiger partial charge in [-0.2, -0.15) is 0 Å². The van der Waals surface area contributed by atoms with Gasteiger partial charge in [0, 0.05) is 17.7 Å². The van der Waals surface area contributed by atoms with E-state index in [1.807, 2.05) is 0 Å². The number of benzene rings is 1. The van der Waals surface area contributed by atoms with E-state index in [1.54, 1.807) is 25.3 Å². The van der Waals surface area contributed by atoms with Crippen LogP contribution in [0.2, 0.25) is 0 Å². The predicted octanol–water partition coefficient (Wildman–Crippen LogP) is 1.95. The Balaban J connectivity index is 0.00000256. The molecule has 0 aliphatic heterocycles. The lowest BCUT2D eigenvalue weighted by Crippen LogP contribution is -2.11. The van der Waals surface area contributed by atoms with Gasteiger partial charge < -0.3 is 21.3 Å². The lowest BCUT2D eigenvalue weighted by molar-refractivity contribution is 0.404. The third kappa shape index (κ3) is 4.81. The van der Waals surface area contributed by atoms with Crippen molar-refractivity contribution in [2.24, 2.45) is 11.5 Å². The Labute approximate surface area is 108 Å². The highest BCUT2D eigenvalue weighted by Crippen LogP contribution is 2.29. The fraction of sp³-hybridized carbons (Fsp3) is 0.500. The zero-order valence-electron chi connectivity index (χ0n) is 10.1.